The van der Waals surface area contributed by atoms with Crippen LogP contribution in [0.15, 0.2) is 144 Å². The maximum atomic E-state index is 14.2. The summed E-state index contributed by atoms with van der Waals surface area (Å²) in [5.74, 6) is -2.92. The average molecular weight is 655 g/mol. The van der Waals surface area contributed by atoms with Crippen molar-refractivity contribution in [3.8, 4) is 0 Å². The van der Waals surface area contributed by atoms with Crippen LogP contribution in [0.3, 0.4) is 0 Å². The molecule has 0 unspecified atom stereocenters. The van der Waals surface area contributed by atoms with Crippen LogP contribution in [0.5, 0.6) is 0 Å². The maximum absolute atomic E-state index is 14.2. The van der Waals surface area contributed by atoms with Crippen LogP contribution in [0.25, 0.3) is 0 Å². The van der Waals surface area contributed by atoms with Crippen molar-refractivity contribution in [3.05, 3.63) is 177 Å². The molecule has 2 amide bonds. The zero-order valence-electron chi connectivity index (χ0n) is 25.9. The Balaban J connectivity index is 1.09. The lowest BCUT2D eigenvalue weighted by molar-refractivity contribution is 0.0964. The Morgan fingerprint density at radius 3 is 1.12 bits per heavy atom. The van der Waals surface area contributed by atoms with Gasteiger partial charge >= 0.3 is 0 Å². The minimum absolute atomic E-state index is 0.00250. The first-order valence-corrected chi connectivity index (χ1v) is 15.7. The second kappa shape index (κ2) is 10.7. The summed E-state index contributed by atoms with van der Waals surface area (Å²) in [5, 5.41) is 6.07. The number of ketones is 4. The van der Waals surface area contributed by atoms with Crippen molar-refractivity contribution in [2.24, 2.45) is 0 Å². The van der Waals surface area contributed by atoms with Gasteiger partial charge in [-0.1, -0.05) is 48.5 Å². The van der Waals surface area contributed by atoms with Crippen molar-refractivity contribution >= 4 is 57.7 Å². The largest absolute Gasteiger partial charge is 0.350 e. The lowest BCUT2D eigenvalue weighted by atomic mass is 10.1. The van der Waals surface area contributed by atoms with Crippen LogP contribution in [0.2, 0.25) is 0 Å². The van der Waals surface area contributed by atoms with Crippen molar-refractivity contribution in [3.63, 3.8) is 0 Å². The highest BCUT2D eigenvalue weighted by Gasteiger charge is 2.44. The summed E-state index contributed by atoms with van der Waals surface area (Å²) in [7, 11) is 0. The number of anilines is 4. The number of hydrogen-bond donors (Lipinski definition) is 2. The van der Waals surface area contributed by atoms with Crippen molar-refractivity contribution < 1.29 is 28.8 Å². The molecule has 50 heavy (non-hydrogen) atoms. The fourth-order valence-electron chi connectivity index (χ4n) is 6.87. The number of benzene rings is 5. The van der Waals surface area contributed by atoms with Gasteiger partial charge in [0.15, 0.2) is 0 Å². The average Bonchev–Trinajstić information content (AvgIpc) is 3.85. The molecule has 0 radical (unpaired) electrons. The molecular weight excluding hydrogens is 632 g/mol. The van der Waals surface area contributed by atoms with E-state index in [-0.39, 0.29) is 45.0 Å². The fraction of sp³-hybridized carbons (Fsp3) is 0. The molecule has 238 valence electrons. The Labute approximate surface area is 283 Å². The summed E-state index contributed by atoms with van der Waals surface area (Å²) in [6.45, 7) is 0. The Hall–Kier alpha value is -7.20. The molecule has 0 spiro atoms. The van der Waals surface area contributed by atoms with Crippen LogP contribution in [-0.4, -0.2) is 34.9 Å². The Morgan fingerprint density at radius 2 is 0.740 bits per heavy atom. The van der Waals surface area contributed by atoms with Crippen LogP contribution in [0, 0.1) is 0 Å². The van der Waals surface area contributed by atoms with Gasteiger partial charge in [0.1, 0.15) is 22.8 Å². The molecule has 0 aliphatic carbocycles. The van der Waals surface area contributed by atoms with E-state index < -0.39 is 34.9 Å². The zero-order chi connectivity index (χ0) is 34.3. The molecule has 4 aliphatic heterocycles. The smallest absolute Gasteiger partial charge is 0.263 e. The standard InChI is InChI=1S/C40H22N4O6/c45-35-23-9-1-5-13-27(23)41-31(35)33-37(47)25-11-3-7-15-29(25)43(33)39(49)21-17-19-22(20-18-21)40(50)44-30-16-8-4-12-26(30)38(48)34(44)32-36(46)24-10-2-6-14-28(24)42-32/h1-20,41-42H/b33-31+,34-32+. The van der Waals surface area contributed by atoms with E-state index in [1.54, 1.807) is 97.1 Å². The van der Waals surface area contributed by atoms with Gasteiger partial charge in [0.25, 0.3) is 11.8 Å². The third kappa shape index (κ3) is 4.02. The second-order valence-corrected chi connectivity index (χ2v) is 12.0. The highest BCUT2D eigenvalue weighted by molar-refractivity contribution is 6.34. The van der Waals surface area contributed by atoms with Gasteiger partial charge in [-0.05, 0) is 72.8 Å². The molecule has 5 aromatic rings. The quantitative estimate of drug-likeness (QED) is 0.209. The number of para-hydroxylation sites is 4. The van der Waals surface area contributed by atoms with E-state index >= 15 is 0 Å². The van der Waals surface area contributed by atoms with Crippen molar-refractivity contribution in [2.45, 2.75) is 0 Å². The summed E-state index contributed by atoms with van der Waals surface area (Å²) in [5.41, 5.74) is 3.18. The molecule has 0 saturated carbocycles. The number of nitrogens with zero attached hydrogens (tertiary/aromatic N) is 2. The van der Waals surface area contributed by atoms with Gasteiger partial charge in [-0.3, -0.25) is 38.6 Å². The van der Waals surface area contributed by atoms with Gasteiger partial charge in [-0.2, -0.15) is 0 Å². The third-order valence-corrected chi connectivity index (χ3v) is 9.23. The summed E-state index contributed by atoms with van der Waals surface area (Å²) in [6, 6.07) is 32.8. The van der Waals surface area contributed by atoms with Crippen molar-refractivity contribution in [1.29, 1.82) is 0 Å². The van der Waals surface area contributed by atoms with Crippen LogP contribution < -0.4 is 20.4 Å². The van der Waals surface area contributed by atoms with E-state index in [0.717, 1.165) is 0 Å². The minimum Gasteiger partial charge on any atom is -0.350 e. The topological polar surface area (TPSA) is 133 Å². The number of Topliss-reactive ketones (excluding diaryl/α,β-unsaturated/α-hetero) is 4. The molecule has 10 nitrogen and oxygen atoms in total. The van der Waals surface area contributed by atoms with Gasteiger partial charge in [0.2, 0.25) is 23.1 Å². The van der Waals surface area contributed by atoms with Crippen LogP contribution in [-0.2, 0) is 0 Å². The number of allylic oxidation sites excluding steroid dienone is 4. The number of carbonyl (C=O) groups is 6. The molecule has 0 bridgehead atoms. The molecule has 4 aliphatic rings. The number of fused-ring (bicyclic) bond motifs is 4. The first-order valence-electron chi connectivity index (χ1n) is 15.7. The van der Waals surface area contributed by atoms with E-state index in [1.165, 1.54) is 34.1 Å². The number of nitrogens with one attached hydrogen (secondary N) is 2. The second-order valence-electron chi connectivity index (χ2n) is 12.0. The highest BCUT2D eigenvalue weighted by Crippen LogP contribution is 2.42. The van der Waals surface area contributed by atoms with Gasteiger partial charge in [0.05, 0.1) is 11.4 Å². The number of hydrogen-bond acceptors (Lipinski definition) is 8. The summed E-state index contributed by atoms with van der Waals surface area (Å²) in [6.07, 6.45) is 0. The van der Waals surface area contributed by atoms with Crippen LogP contribution >= 0.6 is 0 Å². The molecular formula is C40H22N4O6. The van der Waals surface area contributed by atoms with Gasteiger partial charge < -0.3 is 10.6 Å². The Bertz CT molecular complexity index is 2340. The molecule has 0 atom stereocenters. The predicted molar refractivity (Wildman–Crippen MR) is 184 cm³/mol. The van der Waals surface area contributed by atoms with Crippen molar-refractivity contribution in [2.75, 3.05) is 20.4 Å². The SMILES string of the molecule is O=C1/C(=C2/C(=O)c3ccccc3N2C(=O)c2ccc(C(=O)N3/C(=C4/Nc5ccccc5C4=O)C(=O)c4ccccc43)cc2)Nc2ccccc21. The molecule has 9 rings (SSSR count). The first kappa shape index (κ1) is 29.0. The van der Waals surface area contributed by atoms with E-state index in [2.05, 4.69) is 10.6 Å². The van der Waals surface area contributed by atoms with E-state index in [9.17, 15) is 28.8 Å². The Kier molecular flexibility index (Phi) is 6.18. The number of amides is 2. The molecule has 10 heteroatoms. The first-order chi connectivity index (χ1) is 24.3. The summed E-state index contributed by atoms with van der Waals surface area (Å²) < 4.78 is 0. The lowest BCUT2D eigenvalue weighted by Crippen LogP contribution is -2.32. The molecule has 0 aromatic heterocycles. The van der Waals surface area contributed by atoms with E-state index in [1.807, 2.05) is 0 Å². The molecule has 0 fully saturated rings. The summed E-state index contributed by atoms with van der Waals surface area (Å²) >= 11 is 0. The van der Waals surface area contributed by atoms with Gasteiger partial charge in [-0.15, -0.1) is 0 Å². The number of carbonyl (C=O) groups excluding carboxylic acids is 6. The fourth-order valence-corrected chi connectivity index (χ4v) is 6.87. The van der Waals surface area contributed by atoms with Crippen molar-refractivity contribution in [1.82, 2.24) is 0 Å². The van der Waals surface area contributed by atoms with Crippen LogP contribution in [0.4, 0.5) is 22.7 Å². The molecule has 0 saturated heterocycles. The van der Waals surface area contributed by atoms with Gasteiger partial charge in [-0.25, -0.2) is 0 Å². The zero-order valence-corrected chi connectivity index (χ0v) is 25.9. The lowest BCUT2D eigenvalue weighted by Gasteiger charge is -2.21. The monoisotopic (exact) mass is 654 g/mol. The maximum Gasteiger partial charge on any atom is 0.263 e. The highest BCUT2D eigenvalue weighted by atomic mass is 16.2. The Morgan fingerprint density at radius 1 is 0.400 bits per heavy atom. The normalized spacial score (nSPS) is 18.5. The third-order valence-electron chi connectivity index (χ3n) is 9.23. The van der Waals surface area contributed by atoms with E-state index in [0.29, 0.717) is 33.9 Å². The predicted octanol–water partition coefficient (Wildman–Crippen LogP) is 6.41. The minimum atomic E-state index is -0.585. The summed E-state index contributed by atoms with van der Waals surface area (Å²) in [4.78, 5) is 85.2. The van der Waals surface area contributed by atoms with E-state index in [4.69, 9.17) is 0 Å². The number of rotatable bonds is 2. The molecule has 2 N–H and O–H groups in total. The van der Waals surface area contributed by atoms with Crippen LogP contribution in [0.1, 0.15) is 62.1 Å². The molecule has 5 aromatic carbocycles. The molecule has 4 heterocycles. The van der Waals surface area contributed by atoms with Gasteiger partial charge in [0, 0.05) is 44.8 Å².